The van der Waals surface area contributed by atoms with Gasteiger partial charge >= 0.3 is 0 Å². The van der Waals surface area contributed by atoms with Crippen molar-refractivity contribution in [1.29, 1.82) is 0 Å². The molecule has 1 saturated heterocycles. The van der Waals surface area contributed by atoms with Crippen molar-refractivity contribution in [3.63, 3.8) is 0 Å². The third kappa shape index (κ3) is 7.50. The van der Waals surface area contributed by atoms with Crippen molar-refractivity contribution >= 4 is 5.96 Å². The van der Waals surface area contributed by atoms with Gasteiger partial charge in [0.1, 0.15) is 5.76 Å². The molecule has 2 heterocycles. The van der Waals surface area contributed by atoms with Crippen LogP contribution in [0.3, 0.4) is 0 Å². The van der Waals surface area contributed by atoms with Gasteiger partial charge in [-0.1, -0.05) is 30.3 Å². The Labute approximate surface area is 180 Å². The third-order valence-corrected chi connectivity index (χ3v) is 5.34. The lowest BCUT2D eigenvalue weighted by molar-refractivity contribution is 0.117. The molecule has 6 heteroatoms. The largest absolute Gasteiger partial charge is 0.468 e. The zero-order valence-electron chi connectivity index (χ0n) is 18.2. The van der Waals surface area contributed by atoms with E-state index in [0.717, 1.165) is 57.3 Å². The van der Waals surface area contributed by atoms with Gasteiger partial charge in [0, 0.05) is 19.7 Å². The zero-order valence-corrected chi connectivity index (χ0v) is 18.2. The van der Waals surface area contributed by atoms with Crippen molar-refractivity contribution in [3.8, 4) is 0 Å². The van der Waals surface area contributed by atoms with Crippen LogP contribution in [0.1, 0.15) is 50.0 Å². The fourth-order valence-corrected chi connectivity index (χ4v) is 3.74. The second-order valence-corrected chi connectivity index (χ2v) is 7.67. The number of hydrogen-bond acceptors (Lipinski definition) is 4. The molecule has 6 nitrogen and oxygen atoms in total. The minimum atomic E-state index is 0.212. The molecule has 0 spiro atoms. The van der Waals surface area contributed by atoms with Crippen molar-refractivity contribution in [2.45, 2.75) is 45.3 Å². The van der Waals surface area contributed by atoms with E-state index in [-0.39, 0.29) is 6.04 Å². The zero-order chi connectivity index (χ0) is 20.9. The first-order valence-electron chi connectivity index (χ1n) is 11.3. The summed E-state index contributed by atoms with van der Waals surface area (Å²) in [5.41, 5.74) is 1.22. The van der Waals surface area contributed by atoms with Crippen LogP contribution in [0.2, 0.25) is 0 Å². The second kappa shape index (κ2) is 13.1. The number of aliphatic imine (C=N–C) groups is 1. The predicted molar refractivity (Wildman–Crippen MR) is 122 cm³/mol. The number of rotatable bonds is 12. The molecule has 2 N–H and O–H groups in total. The number of nitrogens with zero attached hydrogens (tertiary/aromatic N) is 2. The van der Waals surface area contributed by atoms with E-state index in [2.05, 4.69) is 40.7 Å². The minimum absolute atomic E-state index is 0.212. The van der Waals surface area contributed by atoms with E-state index in [1.165, 1.54) is 18.4 Å². The van der Waals surface area contributed by atoms with Crippen LogP contribution in [0.5, 0.6) is 0 Å². The molecule has 1 aromatic carbocycles. The van der Waals surface area contributed by atoms with Gasteiger partial charge in [0.2, 0.25) is 0 Å². The van der Waals surface area contributed by atoms with E-state index in [9.17, 15) is 0 Å². The topological polar surface area (TPSA) is 62.0 Å². The van der Waals surface area contributed by atoms with E-state index in [0.29, 0.717) is 13.2 Å². The molecule has 1 fully saturated rings. The number of nitrogens with one attached hydrogen (secondary N) is 2. The van der Waals surface area contributed by atoms with E-state index in [4.69, 9.17) is 14.1 Å². The van der Waals surface area contributed by atoms with Crippen molar-refractivity contribution in [2.75, 3.05) is 39.3 Å². The number of hydrogen-bond donors (Lipinski definition) is 2. The van der Waals surface area contributed by atoms with Crippen LogP contribution >= 0.6 is 0 Å². The summed E-state index contributed by atoms with van der Waals surface area (Å²) in [6.07, 6.45) is 6.34. The van der Waals surface area contributed by atoms with Crippen LogP contribution in [0.15, 0.2) is 58.1 Å². The Morgan fingerprint density at radius 3 is 2.67 bits per heavy atom. The molecule has 1 unspecified atom stereocenters. The van der Waals surface area contributed by atoms with Crippen molar-refractivity contribution in [2.24, 2.45) is 4.99 Å². The van der Waals surface area contributed by atoms with Crippen LogP contribution in [-0.2, 0) is 11.3 Å². The minimum Gasteiger partial charge on any atom is -0.468 e. The Morgan fingerprint density at radius 1 is 1.10 bits per heavy atom. The molecule has 0 bridgehead atoms. The highest BCUT2D eigenvalue weighted by atomic mass is 16.5. The summed E-state index contributed by atoms with van der Waals surface area (Å²) in [5.74, 6) is 1.88. The number of unbranched alkanes of at least 4 members (excludes halogenated alkanes) is 1. The van der Waals surface area contributed by atoms with Gasteiger partial charge in [0.05, 0.1) is 25.5 Å². The lowest BCUT2D eigenvalue weighted by Gasteiger charge is -2.24. The average molecular weight is 413 g/mol. The Balaban J connectivity index is 1.39. The Hall–Kier alpha value is -2.31. The van der Waals surface area contributed by atoms with Crippen molar-refractivity contribution < 1.29 is 9.15 Å². The summed E-state index contributed by atoms with van der Waals surface area (Å²) >= 11 is 0. The van der Waals surface area contributed by atoms with Crippen LogP contribution in [0.25, 0.3) is 0 Å². The molecule has 1 aliphatic heterocycles. The van der Waals surface area contributed by atoms with E-state index >= 15 is 0 Å². The fraction of sp³-hybridized carbons (Fsp3) is 0.542. The summed E-state index contributed by atoms with van der Waals surface area (Å²) < 4.78 is 11.5. The molecule has 30 heavy (non-hydrogen) atoms. The number of guanidine groups is 1. The number of ether oxygens (including phenoxy) is 1. The normalized spacial score (nSPS) is 16.0. The summed E-state index contributed by atoms with van der Waals surface area (Å²) in [5, 5.41) is 6.81. The summed E-state index contributed by atoms with van der Waals surface area (Å²) in [6, 6.07) is 14.6. The maximum absolute atomic E-state index is 5.76. The molecule has 2 aromatic rings. The number of likely N-dealkylation sites (tertiary alicyclic amines) is 1. The van der Waals surface area contributed by atoms with Crippen LogP contribution < -0.4 is 10.6 Å². The second-order valence-electron chi connectivity index (χ2n) is 7.67. The van der Waals surface area contributed by atoms with Gasteiger partial charge in [-0.25, -0.2) is 0 Å². The molecule has 0 aliphatic carbocycles. The van der Waals surface area contributed by atoms with Crippen LogP contribution in [-0.4, -0.2) is 50.2 Å². The lowest BCUT2D eigenvalue weighted by Crippen LogP contribution is -2.39. The summed E-state index contributed by atoms with van der Waals surface area (Å²) in [4.78, 5) is 7.33. The molecule has 0 saturated carbocycles. The van der Waals surface area contributed by atoms with Crippen LogP contribution in [0.4, 0.5) is 0 Å². The highest BCUT2D eigenvalue weighted by Gasteiger charge is 2.25. The molecule has 3 rings (SSSR count). The van der Waals surface area contributed by atoms with Gasteiger partial charge in [-0.3, -0.25) is 9.89 Å². The molecular formula is C24H36N4O2. The molecule has 0 amide bonds. The first-order chi connectivity index (χ1) is 14.9. The van der Waals surface area contributed by atoms with Crippen molar-refractivity contribution in [3.05, 3.63) is 60.1 Å². The highest BCUT2D eigenvalue weighted by Crippen LogP contribution is 2.25. The smallest absolute Gasteiger partial charge is 0.191 e. The Kier molecular flexibility index (Phi) is 9.76. The van der Waals surface area contributed by atoms with Crippen molar-refractivity contribution in [1.82, 2.24) is 15.5 Å². The van der Waals surface area contributed by atoms with Gasteiger partial charge in [-0.05, 0) is 63.4 Å². The van der Waals surface area contributed by atoms with Gasteiger partial charge in [0.25, 0.3) is 0 Å². The monoisotopic (exact) mass is 412 g/mol. The summed E-state index contributed by atoms with van der Waals surface area (Å²) in [7, 11) is 0. The fourth-order valence-electron chi connectivity index (χ4n) is 3.74. The van der Waals surface area contributed by atoms with Gasteiger partial charge < -0.3 is 19.8 Å². The standard InChI is InChI=1S/C24H36N4O2/c1-2-25-24(26-14-6-9-17-29-20-21-11-4-3-5-12-21)27-19-22(23-13-10-18-30-23)28-15-7-8-16-28/h3-5,10-13,18,22H,2,6-9,14-17,19-20H2,1H3,(H2,25,26,27). The molecular weight excluding hydrogens is 376 g/mol. The SMILES string of the molecule is CCNC(=NCC(c1ccco1)N1CCCC1)NCCCCOCc1ccccc1. The first-order valence-corrected chi connectivity index (χ1v) is 11.3. The average Bonchev–Trinajstić information content (AvgIpc) is 3.49. The van der Waals surface area contributed by atoms with E-state index in [1.807, 2.05) is 24.3 Å². The maximum atomic E-state index is 5.76. The first kappa shape index (κ1) is 22.4. The number of benzene rings is 1. The van der Waals surface area contributed by atoms with Crippen LogP contribution in [0, 0.1) is 0 Å². The lowest BCUT2D eigenvalue weighted by atomic mass is 10.2. The molecule has 1 atom stereocenters. The van der Waals surface area contributed by atoms with E-state index < -0.39 is 0 Å². The quantitative estimate of drug-likeness (QED) is 0.314. The molecule has 164 valence electrons. The Bertz CT molecular complexity index is 712. The van der Waals surface area contributed by atoms with E-state index in [1.54, 1.807) is 6.26 Å². The van der Waals surface area contributed by atoms with Gasteiger partial charge in [-0.2, -0.15) is 0 Å². The van der Waals surface area contributed by atoms with Gasteiger partial charge in [-0.15, -0.1) is 0 Å². The van der Waals surface area contributed by atoms with Gasteiger partial charge in [0.15, 0.2) is 5.96 Å². The molecule has 0 radical (unpaired) electrons. The molecule has 1 aromatic heterocycles. The third-order valence-electron chi connectivity index (χ3n) is 5.34. The number of furan rings is 1. The summed E-state index contributed by atoms with van der Waals surface area (Å²) in [6.45, 7) is 8.23. The Morgan fingerprint density at radius 2 is 1.93 bits per heavy atom. The predicted octanol–water partition coefficient (Wildman–Crippen LogP) is 3.97. The highest BCUT2D eigenvalue weighted by molar-refractivity contribution is 5.79. The molecule has 1 aliphatic rings. The maximum Gasteiger partial charge on any atom is 0.191 e.